The van der Waals surface area contributed by atoms with E-state index in [1.54, 1.807) is 12.1 Å². The highest BCUT2D eigenvalue weighted by atomic mass is 19.1. The molecule has 0 saturated carbocycles. The zero-order valence-corrected chi connectivity index (χ0v) is 7.50. The minimum Gasteiger partial charge on any atom is -0.368 e. The number of carbonyl (C=O) groups is 1. The van der Waals surface area contributed by atoms with E-state index in [0.29, 0.717) is 6.54 Å². The first-order valence-electron chi connectivity index (χ1n) is 4.06. The molecular weight excluding hydrogens is 187 g/mol. The van der Waals surface area contributed by atoms with Gasteiger partial charge >= 0.3 is 0 Å². The lowest BCUT2D eigenvalue weighted by Crippen LogP contribution is -2.24. The lowest BCUT2D eigenvalue weighted by Gasteiger charge is -2.03. The van der Waals surface area contributed by atoms with Gasteiger partial charge in [0.25, 0.3) is 0 Å². The Morgan fingerprint density at radius 3 is 3.00 bits per heavy atom. The summed E-state index contributed by atoms with van der Waals surface area (Å²) in [7, 11) is 0. The van der Waals surface area contributed by atoms with Crippen molar-refractivity contribution in [3.63, 3.8) is 0 Å². The van der Waals surface area contributed by atoms with Gasteiger partial charge < -0.3 is 5.73 Å². The Hall–Kier alpha value is -1.46. The predicted octanol–water partition coefficient (Wildman–Crippen LogP) is 0.332. The lowest BCUT2D eigenvalue weighted by molar-refractivity contribution is -0.125. The molecule has 5 heteroatoms. The van der Waals surface area contributed by atoms with Gasteiger partial charge in [-0.25, -0.2) is 4.39 Å². The normalized spacial score (nSPS) is 10.1. The van der Waals surface area contributed by atoms with Crippen molar-refractivity contribution in [1.29, 1.82) is 0 Å². The fourth-order valence-electron chi connectivity index (χ4n) is 0.903. The summed E-state index contributed by atoms with van der Waals surface area (Å²) in [5.41, 5.74) is 8.06. The van der Waals surface area contributed by atoms with Crippen LogP contribution < -0.4 is 11.2 Å². The van der Waals surface area contributed by atoms with Crippen LogP contribution in [0.25, 0.3) is 0 Å². The summed E-state index contributed by atoms with van der Waals surface area (Å²) < 4.78 is 12.7. The number of hydrogen-bond acceptors (Lipinski definition) is 3. The van der Waals surface area contributed by atoms with Gasteiger partial charge in [0, 0.05) is 6.54 Å². The Balaban J connectivity index is 2.28. The first kappa shape index (κ1) is 10.6. The van der Waals surface area contributed by atoms with Crippen LogP contribution in [0.4, 0.5) is 4.39 Å². The SMILES string of the molecule is NC(=O)CONCc1cccc(F)c1. The molecule has 14 heavy (non-hydrogen) atoms. The van der Waals surface area contributed by atoms with Crippen molar-refractivity contribution in [3.8, 4) is 0 Å². The summed E-state index contributed by atoms with van der Waals surface area (Å²) in [6, 6.07) is 6.07. The van der Waals surface area contributed by atoms with Crippen LogP contribution in [-0.4, -0.2) is 12.5 Å². The van der Waals surface area contributed by atoms with Gasteiger partial charge in [-0.05, 0) is 17.7 Å². The smallest absolute Gasteiger partial charge is 0.245 e. The Morgan fingerprint density at radius 1 is 1.57 bits per heavy atom. The van der Waals surface area contributed by atoms with Crippen molar-refractivity contribution < 1.29 is 14.0 Å². The number of benzene rings is 1. The first-order chi connectivity index (χ1) is 6.68. The molecule has 1 aromatic rings. The van der Waals surface area contributed by atoms with Gasteiger partial charge in [-0.15, -0.1) is 0 Å². The van der Waals surface area contributed by atoms with Gasteiger partial charge in [0.1, 0.15) is 12.4 Å². The van der Waals surface area contributed by atoms with E-state index in [1.165, 1.54) is 12.1 Å². The second-order valence-corrected chi connectivity index (χ2v) is 2.71. The van der Waals surface area contributed by atoms with Crippen LogP contribution in [0.15, 0.2) is 24.3 Å². The predicted molar refractivity (Wildman–Crippen MR) is 48.4 cm³/mol. The maximum absolute atomic E-state index is 12.7. The molecule has 1 rings (SSSR count). The van der Waals surface area contributed by atoms with Crippen LogP contribution in [-0.2, 0) is 16.2 Å². The van der Waals surface area contributed by atoms with Crippen molar-refractivity contribution >= 4 is 5.91 Å². The number of amides is 1. The minimum absolute atomic E-state index is 0.199. The standard InChI is InChI=1S/C9H11FN2O2/c10-8-3-1-2-7(4-8)5-12-14-6-9(11)13/h1-4,12H,5-6H2,(H2,11,13). The third kappa shape index (κ3) is 3.97. The number of hydroxylamine groups is 1. The number of hydrogen-bond donors (Lipinski definition) is 2. The number of primary amides is 1. The maximum atomic E-state index is 12.7. The van der Waals surface area contributed by atoms with E-state index in [2.05, 4.69) is 5.48 Å². The fourth-order valence-corrected chi connectivity index (χ4v) is 0.903. The highest BCUT2D eigenvalue weighted by Crippen LogP contribution is 2.02. The number of halogens is 1. The molecule has 0 radical (unpaired) electrons. The molecule has 0 bridgehead atoms. The summed E-state index contributed by atoms with van der Waals surface area (Å²) in [6.45, 7) is 0.125. The average molecular weight is 198 g/mol. The second-order valence-electron chi connectivity index (χ2n) is 2.71. The molecule has 0 heterocycles. The average Bonchev–Trinajstić information content (AvgIpc) is 2.12. The third-order valence-electron chi connectivity index (χ3n) is 1.48. The molecule has 0 aliphatic heterocycles. The Kier molecular flexibility index (Phi) is 4.03. The summed E-state index contributed by atoms with van der Waals surface area (Å²) >= 11 is 0. The number of nitrogens with two attached hydrogens (primary N) is 1. The summed E-state index contributed by atoms with van der Waals surface area (Å²) in [6.07, 6.45) is 0. The van der Waals surface area contributed by atoms with Crippen molar-refractivity contribution in [3.05, 3.63) is 35.6 Å². The molecule has 0 saturated heterocycles. The molecular formula is C9H11FN2O2. The van der Waals surface area contributed by atoms with Gasteiger partial charge in [-0.1, -0.05) is 12.1 Å². The van der Waals surface area contributed by atoms with Gasteiger partial charge in [0.05, 0.1) is 0 Å². The largest absolute Gasteiger partial charge is 0.368 e. The van der Waals surface area contributed by atoms with Crippen LogP contribution in [0, 0.1) is 5.82 Å². The quantitative estimate of drug-likeness (QED) is 0.529. The van der Waals surface area contributed by atoms with Crippen molar-refractivity contribution in [2.75, 3.05) is 6.61 Å². The van der Waals surface area contributed by atoms with E-state index in [1.807, 2.05) is 0 Å². The van der Waals surface area contributed by atoms with Gasteiger partial charge in [-0.3, -0.25) is 9.63 Å². The number of carbonyl (C=O) groups excluding carboxylic acids is 1. The molecule has 3 N–H and O–H groups in total. The maximum Gasteiger partial charge on any atom is 0.245 e. The monoisotopic (exact) mass is 198 g/mol. The molecule has 1 aromatic carbocycles. The fraction of sp³-hybridized carbons (Fsp3) is 0.222. The summed E-state index contributed by atoms with van der Waals surface area (Å²) in [4.78, 5) is 15.0. The van der Waals surface area contributed by atoms with Crippen LogP contribution >= 0.6 is 0 Å². The zero-order valence-electron chi connectivity index (χ0n) is 7.50. The number of nitrogens with one attached hydrogen (secondary N) is 1. The van der Waals surface area contributed by atoms with Crippen LogP contribution in [0.1, 0.15) is 5.56 Å². The van der Waals surface area contributed by atoms with E-state index in [-0.39, 0.29) is 12.4 Å². The van der Waals surface area contributed by atoms with Crippen molar-refractivity contribution in [2.24, 2.45) is 5.73 Å². The molecule has 0 fully saturated rings. The molecule has 0 aliphatic rings. The summed E-state index contributed by atoms with van der Waals surface area (Å²) in [5.74, 6) is -0.865. The Morgan fingerprint density at radius 2 is 2.36 bits per heavy atom. The Labute approximate surface area is 80.8 Å². The molecule has 0 atom stereocenters. The molecule has 0 aliphatic carbocycles. The van der Waals surface area contributed by atoms with Crippen LogP contribution in [0.2, 0.25) is 0 Å². The third-order valence-corrected chi connectivity index (χ3v) is 1.48. The van der Waals surface area contributed by atoms with Crippen LogP contribution in [0.5, 0.6) is 0 Å². The highest BCUT2D eigenvalue weighted by molar-refractivity contribution is 5.74. The summed E-state index contributed by atoms with van der Waals surface area (Å²) in [5, 5.41) is 0. The molecule has 76 valence electrons. The van der Waals surface area contributed by atoms with Crippen LogP contribution in [0.3, 0.4) is 0 Å². The highest BCUT2D eigenvalue weighted by Gasteiger charge is 1.96. The van der Waals surface area contributed by atoms with Gasteiger partial charge in [0.2, 0.25) is 5.91 Å². The van der Waals surface area contributed by atoms with E-state index < -0.39 is 5.91 Å². The van der Waals surface area contributed by atoms with Gasteiger partial charge in [-0.2, -0.15) is 5.48 Å². The zero-order chi connectivity index (χ0) is 10.4. The van der Waals surface area contributed by atoms with Crippen molar-refractivity contribution in [2.45, 2.75) is 6.54 Å². The molecule has 1 amide bonds. The van der Waals surface area contributed by atoms with E-state index >= 15 is 0 Å². The molecule has 0 unspecified atom stereocenters. The lowest BCUT2D eigenvalue weighted by atomic mass is 10.2. The topological polar surface area (TPSA) is 64.4 Å². The molecule has 4 nitrogen and oxygen atoms in total. The van der Waals surface area contributed by atoms with Gasteiger partial charge in [0.15, 0.2) is 0 Å². The first-order valence-corrected chi connectivity index (χ1v) is 4.06. The minimum atomic E-state index is -0.559. The van der Waals surface area contributed by atoms with Crippen molar-refractivity contribution in [1.82, 2.24) is 5.48 Å². The molecule has 0 aromatic heterocycles. The van der Waals surface area contributed by atoms with E-state index in [9.17, 15) is 9.18 Å². The van der Waals surface area contributed by atoms with E-state index in [0.717, 1.165) is 5.56 Å². The van der Waals surface area contributed by atoms with E-state index in [4.69, 9.17) is 10.6 Å². The second kappa shape index (κ2) is 5.31. The molecule has 0 spiro atoms. The number of rotatable bonds is 5. The Bertz CT molecular complexity index is 317.